The molecule has 0 saturated heterocycles. The van der Waals surface area contributed by atoms with E-state index in [0.717, 1.165) is 0 Å². The van der Waals surface area contributed by atoms with Gasteiger partial charge >= 0.3 is 0 Å². The van der Waals surface area contributed by atoms with Gasteiger partial charge in [-0.2, -0.15) is 0 Å². The highest BCUT2D eigenvalue weighted by Crippen LogP contribution is 2.24. The van der Waals surface area contributed by atoms with Crippen molar-refractivity contribution >= 4 is 56.2 Å². The second-order valence-corrected chi connectivity index (χ2v) is 5.68. The van der Waals surface area contributed by atoms with Gasteiger partial charge < -0.3 is 0 Å². The summed E-state index contributed by atoms with van der Waals surface area (Å²) in [5, 5.41) is 4.61. The minimum Gasteiger partial charge on any atom is -0.150 e. The number of rotatable bonds is 0. The first-order chi connectivity index (χ1) is 6.26. The Labute approximate surface area is 90.6 Å². The van der Waals surface area contributed by atoms with E-state index in [1.54, 1.807) is 0 Å². The number of fused-ring (bicyclic) bond motifs is 1. The van der Waals surface area contributed by atoms with Crippen LogP contribution in [0.3, 0.4) is 0 Å². The second-order valence-electron chi connectivity index (χ2n) is 2.86. The van der Waals surface area contributed by atoms with Gasteiger partial charge in [0.1, 0.15) is 0 Å². The zero-order valence-electron chi connectivity index (χ0n) is 7.50. The molecule has 0 unspecified atom stereocenters. The number of thiophene rings is 2. The summed E-state index contributed by atoms with van der Waals surface area (Å²) in [6, 6.07) is 2.26. The Kier molecular flexibility index (Phi) is 2.49. The van der Waals surface area contributed by atoms with E-state index in [1.165, 1.54) is 24.0 Å². The van der Waals surface area contributed by atoms with Gasteiger partial charge in [-0.3, -0.25) is 0 Å². The van der Waals surface area contributed by atoms with E-state index in [9.17, 15) is 0 Å². The summed E-state index contributed by atoms with van der Waals surface area (Å²) in [5.74, 6) is 0. The fourth-order valence-corrected chi connectivity index (χ4v) is 4.18. The van der Waals surface area contributed by atoms with Gasteiger partial charge in [0.25, 0.3) is 0 Å². The van der Waals surface area contributed by atoms with Gasteiger partial charge in [-0.15, -0.1) is 35.3 Å². The van der Waals surface area contributed by atoms with Gasteiger partial charge in [0, 0.05) is 14.8 Å². The zero-order valence-corrected chi connectivity index (χ0v) is 10.0. The summed E-state index contributed by atoms with van der Waals surface area (Å²) >= 11 is 7.90. The molecule has 0 fully saturated rings. The van der Waals surface area contributed by atoms with Crippen molar-refractivity contribution in [1.82, 2.24) is 0 Å². The first kappa shape index (κ1) is 9.31. The Bertz CT molecular complexity index is 542. The van der Waals surface area contributed by atoms with Crippen LogP contribution in [-0.4, -0.2) is 0 Å². The van der Waals surface area contributed by atoms with Crippen molar-refractivity contribution in [3.8, 4) is 0 Å². The molecule has 0 aromatic carbocycles. The van der Waals surface area contributed by atoms with Crippen LogP contribution in [0, 0.1) is 6.92 Å². The highest BCUT2D eigenvalue weighted by Gasteiger charge is 2.02. The smallest absolute Gasteiger partial charge is 0.0880 e. The van der Waals surface area contributed by atoms with E-state index in [4.69, 9.17) is 0 Å². The maximum Gasteiger partial charge on any atom is 0.0880 e. The Balaban J connectivity index is 3.03. The predicted octanol–water partition coefficient (Wildman–Crippen LogP) is 2.74. The average molecular weight is 226 g/mol. The van der Waals surface area contributed by atoms with E-state index in [0.29, 0.717) is 0 Å². The molecule has 0 nitrogen and oxygen atoms in total. The lowest BCUT2D eigenvalue weighted by molar-refractivity contribution is 1.64. The van der Waals surface area contributed by atoms with Gasteiger partial charge in [-0.05, 0) is 30.5 Å². The van der Waals surface area contributed by atoms with Crippen molar-refractivity contribution in [3.63, 3.8) is 0 Å². The summed E-state index contributed by atoms with van der Waals surface area (Å²) in [7, 11) is 0. The summed E-state index contributed by atoms with van der Waals surface area (Å²) in [6.45, 7) is 4.23. The lowest BCUT2D eigenvalue weighted by atomic mass is 10.3. The number of aryl methyl sites for hydroxylation is 1. The third-order valence-corrected chi connectivity index (χ3v) is 4.73. The topological polar surface area (TPSA) is 0 Å². The molecule has 0 N–H and O–H groups in total. The molecule has 13 heavy (non-hydrogen) atoms. The third kappa shape index (κ3) is 1.45. The van der Waals surface area contributed by atoms with Crippen LogP contribution in [-0.2, 0) is 0 Å². The van der Waals surface area contributed by atoms with Crippen molar-refractivity contribution in [2.24, 2.45) is 0 Å². The molecule has 0 aliphatic carbocycles. The molecule has 2 heterocycles. The van der Waals surface area contributed by atoms with Gasteiger partial charge in [-0.1, -0.05) is 6.08 Å². The molecule has 3 heteroatoms. The Hall–Kier alpha value is -0.250. The molecule has 2 aromatic heterocycles. The van der Waals surface area contributed by atoms with Crippen LogP contribution in [0.2, 0.25) is 0 Å². The minimum absolute atomic E-state index is 1.27. The summed E-state index contributed by atoms with van der Waals surface area (Å²) < 4.78 is 2.68. The maximum absolute atomic E-state index is 4.22. The fraction of sp³-hybridized carbons (Fsp3) is 0.200. The molecular formula is C10H10S3. The van der Waals surface area contributed by atoms with Crippen LogP contribution in [0.1, 0.15) is 11.8 Å². The molecule has 0 saturated carbocycles. The third-order valence-electron chi connectivity index (χ3n) is 1.99. The van der Waals surface area contributed by atoms with Crippen LogP contribution in [0.25, 0.3) is 20.9 Å². The molecule has 68 valence electrons. The molecule has 0 aliphatic heterocycles. The molecule has 0 atom stereocenters. The van der Waals surface area contributed by atoms with Crippen molar-refractivity contribution < 1.29 is 0 Å². The quantitative estimate of drug-likeness (QED) is 0.656. The van der Waals surface area contributed by atoms with E-state index in [-0.39, 0.29) is 0 Å². The summed E-state index contributed by atoms with van der Waals surface area (Å²) in [4.78, 5) is 1.38. The largest absolute Gasteiger partial charge is 0.150 e. The normalized spacial score (nSPS) is 14.7. The van der Waals surface area contributed by atoms with Crippen molar-refractivity contribution in [3.05, 3.63) is 20.7 Å². The van der Waals surface area contributed by atoms with Crippen LogP contribution in [0.4, 0.5) is 0 Å². The SMILES string of the molecule is C/C=c1\c(=C/S)sc2sc(C)cc12. The molecule has 2 rings (SSSR count). The average Bonchev–Trinajstić information content (AvgIpc) is 2.59. The highest BCUT2D eigenvalue weighted by molar-refractivity contribution is 7.88. The number of hydrogen-bond acceptors (Lipinski definition) is 3. The fourth-order valence-electron chi connectivity index (χ4n) is 1.44. The first-order valence-electron chi connectivity index (χ1n) is 4.06. The van der Waals surface area contributed by atoms with Gasteiger partial charge in [0.05, 0.1) is 4.01 Å². The van der Waals surface area contributed by atoms with E-state index in [1.807, 2.05) is 28.1 Å². The number of hydrogen-bond donors (Lipinski definition) is 1. The van der Waals surface area contributed by atoms with Crippen LogP contribution < -0.4 is 9.75 Å². The molecule has 0 amide bonds. The molecular weight excluding hydrogens is 216 g/mol. The Morgan fingerprint density at radius 3 is 2.77 bits per heavy atom. The van der Waals surface area contributed by atoms with Crippen LogP contribution in [0.5, 0.6) is 0 Å². The first-order valence-corrected chi connectivity index (χ1v) is 6.21. The molecule has 2 aromatic rings. The standard InChI is InChI=1S/C10H10S3/c1-3-7-8-4-6(2)12-10(8)13-9(7)5-11/h3-5,11H,1-2H3/b7-3-,9-5+. The summed E-state index contributed by atoms with van der Waals surface area (Å²) in [5.41, 5.74) is 0. The van der Waals surface area contributed by atoms with Crippen LogP contribution in [0.15, 0.2) is 6.07 Å². The predicted molar refractivity (Wildman–Crippen MR) is 67.3 cm³/mol. The van der Waals surface area contributed by atoms with Gasteiger partial charge in [0.15, 0.2) is 0 Å². The molecule has 0 spiro atoms. The monoisotopic (exact) mass is 226 g/mol. The van der Waals surface area contributed by atoms with Crippen LogP contribution >= 0.6 is 35.3 Å². The van der Waals surface area contributed by atoms with E-state index in [2.05, 4.69) is 38.6 Å². The van der Waals surface area contributed by atoms with Crippen molar-refractivity contribution in [2.75, 3.05) is 0 Å². The van der Waals surface area contributed by atoms with E-state index >= 15 is 0 Å². The maximum atomic E-state index is 4.22. The van der Waals surface area contributed by atoms with Gasteiger partial charge in [-0.25, -0.2) is 0 Å². The number of thiol groups is 1. The minimum atomic E-state index is 1.27. The molecule has 0 bridgehead atoms. The van der Waals surface area contributed by atoms with Gasteiger partial charge in [0.2, 0.25) is 0 Å². The molecule has 0 radical (unpaired) electrons. The lowest BCUT2D eigenvalue weighted by Crippen LogP contribution is -2.16. The van der Waals surface area contributed by atoms with Crippen molar-refractivity contribution in [2.45, 2.75) is 13.8 Å². The van der Waals surface area contributed by atoms with E-state index < -0.39 is 0 Å². The zero-order chi connectivity index (χ0) is 9.42. The molecule has 0 aliphatic rings. The summed E-state index contributed by atoms with van der Waals surface area (Å²) in [6.07, 6.45) is 2.16. The Morgan fingerprint density at radius 1 is 1.38 bits per heavy atom. The Morgan fingerprint density at radius 2 is 2.15 bits per heavy atom. The second kappa shape index (κ2) is 3.48. The lowest BCUT2D eigenvalue weighted by Gasteiger charge is -1.77. The van der Waals surface area contributed by atoms with Crippen molar-refractivity contribution in [1.29, 1.82) is 0 Å². The highest BCUT2D eigenvalue weighted by atomic mass is 32.2.